The van der Waals surface area contributed by atoms with Gasteiger partial charge >= 0.3 is 0 Å². The molecule has 1 heteroatoms. The van der Waals surface area contributed by atoms with Crippen LogP contribution in [0, 0.1) is 0 Å². The molecule has 0 aliphatic heterocycles. The lowest BCUT2D eigenvalue weighted by atomic mass is 9.81. The summed E-state index contributed by atoms with van der Waals surface area (Å²) in [6.07, 6.45) is 0. The van der Waals surface area contributed by atoms with Gasteiger partial charge in [-0.05, 0) is 109 Å². The molecule has 8 aromatic carbocycles. The van der Waals surface area contributed by atoms with Crippen LogP contribution in [0.3, 0.4) is 0 Å². The zero-order valence-corrected chi connectivity index (χ0v) is 28.3. The van der Waals surface area contributed by atoms with Gasteiger partial charge in [-0.15, -0.1) is 0 Å². The molecule has 238 valence electrons. The molecule has 0 bridgehead atoms. The second-order valence-electron chi connectivity index (χ2n) is 13.8. The highest BCUT2D eigenvalue weighted by Gasteiger charge is 2.36. The molecule has 9 rings (SSSR count). The first-order valence-electron chi connectivity index (χ1n) is 17.4. The SMILES string of the molecule is CC1(C)c2cc(-c3ccc(-c4ccccc4)cc3)ccc2-c2ccc(N(c3ccc(-c4ccccc4)cc3)c3ccc4ccccc4c3)cc21. The summed E-state index contributed by atoms with van der Waals surface area (Å²) in [6.45, 7) is 4.75. The van der Waals surface area contributed by atoms with Crippen LogP contribution < -0.4 is 4.90 Å². The van der Waals surface area contributed by atoms with Gasteiger partial charge in [-0.25, -0.2) is 0 Å². The normalized spacial score (nSPS) is 12.8. The van der Waals surface area contributed by atoms with Crippen LogP contribution in [0.5, 0.6) is 0 Å². The van der Waals surface area contributed by atoms with Crippen LogP contribution in [0.2, 0.25) is 0 Å². The topological polar surface area (TPSA) is 3.24 Å². The molecule has 1 aliphatic rings. The van der Waals surface area contributed by atoms with Crippen molar-refractivity contribution in [2.75, 3.05) is 4.90 Å². The van der Waals surface area contributed by atoms with Gasteiger partial charge < -0.3 is 4.90 Å². The highest BCUT2D eigenvalue weighted by molar-refractivity contribution is 5.91. The van der Waals surface area contributed by atoms with Crippen molar-refractivity contribution in [3.8, 4) is 44.5 Å². The summed E-state index contributed by atoms with van der Waals surface area (Å²) in [5.74, 6) is 0. The Morgan fingerprint density at radius 3 is 1.38 bits per heavy atom. The summed E-state index contributed by atoms with van der Waals surface area (Å²) in [6, 6.07) is 68.6. The molecule has 50 heavy (non-hydrogen) atoms. The Kier molecular flexibility index (Phi) is 7.21. The summed E-state index contributed by atoms with van der Waals surface area (Å²) in [7, 11) is 0. The van der Waals surface area contributed by atoms with E-state index < -0.39 is 0 Å². The van der Waals surface area contributed by atoms with Crippen LogP contribution in [0.15, 0.2) is 188 Å². The maximum absolute atomic E-state index is 2.42. The summed E-state index contributed by atoms with van der Waals surface area (Å²) in [4.78, 5) is 2.40. The van der Waals surface area contributed by atoms with E-state index in [-0.39, 0.29) is 5.41 Å². The summed E-state index contributed by atoms with van der Waals surface area (Å²) >= 11 is 0. The Morgan fingerprint density at radius 2 is 0.740 bits per heavy atom. The molecule has 0 saturated carbocycles. The smallest absolute Gasteiger partial charge is 0.0468 e. The van der Waals surface area contributed by atoms with Crippen molar-refractivity contribution >= 4 is 27.8 Å². The molecule has 0 fully saturated rings. The van der Waals surface area contributed by atoms with Gasteiger partial charge in [0.15, 0.2) is 0 Å². The van der Waals surface area contributed by atoms with Crippen molar-refractivity contribution in [1.82, 2.24) is 0 Å². The molecule has 0 spiro atoms. The highest BCUT2D eigenvalue weighted by atomic mass is 15.1. The zero-order valence-electron chi connectivity index (χ0n) is 28.3. The minimum absolute atomic E-state index is 0.160. The Labute approximate surface area is 294 Å². The zero-order chi connectivity index (χ0) is 33.7. The summed E-state index contributed by atoms with van der Waals surface area (Å²) in [5.41, 5.74) is 16.0. The number of nitrogens with zero attached hydrogens (tertiary/aromatic N) is 1. The number of rotatable bonds is 6. The van der Waals surface area contributed by atoms with Crippen molar-refractivity contribution in [3.63, 3.8) is 0 Å². The average molecular weight is 640 g/mol. The van der Waals surface area contributed by atoms with Gasteiger partial charge in [0, 0.05) is 22.5 Å². The highest BCUT2D eigenvalue weighted by Crippen LogP contribution is 2.51. The molecule has 0 saturated heterocycles. The molecule has 0 amide bonds. The van der Waals surface area contributed by atoms with Crippen molar-refractivity contribution in [2.24, 2.45) is 0 Å². The molecular weight excluding hydrogens is 603 g/mol. The van der Waals surface area contributed by atoms with Crippen LogP contribution in [0.25, 0.3) is 55.3 Å². The Hall–Kier alpha value is -6.18. The fraction of sp³-hybridized carbons (Fsp3) is 0.0612. The quantitative estimate of drug-likeness (QED) is 0.175. The second kappa shape index (κ2) is 12.1. The second-order valence-corrected chi connectivity index (χ2v) is 13.8. The van der Waals surface area contributed by atoms with Gasteiger partial charge in [-0.1, -0.05) is 159 Å². The van der Waals surface area contributed by atoms with E-state index in [4.69, 9.17) is 0 Å². The van der Waals surface area contributed by atoms with E-state index in [9.17, 15) is 0 Å². The van der Waals surface area contributed by atoms with E-state index in [1.165, 1.54) is 66.4 Å². The predicted molar refractivity (Wildman–Crippen MR) is 213 cm³/mol. The first-order valence-corrected chi connectivity index (χ1v) is 17.4. The van der Waals surface area contributed by atoms with Crippen molar-refractivity contribution in [2.45, 2.75) is 19.3 Å². The number of anilines is 3. The lowest BCUT2D eigenvalue weighted by Crippen LogP contribution is -2.16. The fourth-order valence-electron chi connectivity index (χ4n) is 7.73. The van der Waals surface area contributed by atoms with E-state index in [2.05, 4.69) is 207 Å². The minimum Gasteiger partial charge on any atom is -0.310 e. The first kappa shape index (κ1) is 29.9. The van der Waals surface area contributed by atoms with E-state index in [0.29, 0.717) is 0 Å². The Bertz CT molecular complexity index is 2470. The number of hydrogen-bond acceptors (Lipinski definition) is 1. The van der Waals surface area contributed by atoms with Crippen LogP contribution in [-0.2, 0) is 5.41 Å². The standard InChI is InChI=1S/C49H37N/c1-49(2)47-32-41(39-19-17-37(18-20-39)34-11-5-3-6-12-34)24-29-45(47)46-30-28-44(33-48(46)49)50(43-27-23-36-15-9-10-16-40(36)31-43)42-25-21-38(22-26-42)35-13-7-4-8-14-35/h3-33H,1-2H3. The summed E-state index contributed by atoms with van der Waals surface area (Å²) in [5, 5.41) is 2.47. The number of fused-ring (bicyclic) bond motifs is 4. The minimum atomic E-state index is -0.160. The van der Waals surface area contributed by atoms with Crippen molar-refractivity contribution in [1.29, 1.82) is 0 Å². The Balaban J connectivity index is 1.11. The van der Waals surface area contributed by atoms with Crippen LogP contribution >= 0.6 is 0 Å². The third-order valence-electron chi connectivity index (χ3n) is 10.5. The van der Waals surface area contributed by atoms with Crippen molar-refractivity contribution in [3.05, 3.63) is 199 Å². The monoisotopic (exact) mass is 639 g/mol. The van der Waals surface area contributed by atoms with Crippen LogP contribution in [0.4, 0.5) is 17.1 Å². The first-order chi connectivity index (χ1) is 24.5. The molecule has 0 radical (unpaired) electrons. The van der Waals surface area contributed by atoms with Gasteiger partial charge in [0.25, 0.3) is 0 Å². The van der Waals surface area contributed by atoms with Crippen LogP contribution in [0.1, 0.15) is 25.0 Å². The van der Waals surface area contributed by atoms with Gasteiger partial charge in [-0.2, -0.15) is 0 Å². The van der Waals surface area contributed by atoms with Gasteiger partial charge in [0.05, 0.1) is 0 Å². The molecular formula is C49H37N. The fourth-order valence-corrected chi connectivity index (χ4v) is 7.73. The molecule has 0 atom stereocenters. The average Bonchev–Trinajstić information content (AvgIpc) is 3.41. The largest absolute Gasteiger partial charge is 0.310 e. The lowest BCUT2D eigenvalue weighted by Gasteiger charge is -2.28. The van der Waals surface area contributed by atoms with E-state index in [1.54, 1.807) is 0 Å². The number of benzene rings is 8. The van der Waals surface area contributed by atoms with Gasteiger partial charge in [-0.3, -0.25) is 0 Å². The van der Waals surface area contributed by atoms with Crippen molar-refractivity contribution < 1.29 is 0 Å². The van der Waals surface area contributed by atoms with E-state index >= 15 is 0 Å². The lowest BCUT2D eigenvalue weighted by molar-refractivity contribution is 0.660. The molecule has 1 nitrogen and oxygen atoms in total. The van der Waals surface area contributed by atoms with Gasteiger partial charge in [0.2, 0.25) is 0 Å². The van der Waals surface area contributed by atoms with E-state index in [0.717, 1.165) is 17.1 Å². The maximum atomic E-state index is 2.42. The molecule has 1 aliphatic carbocycles. The van der Waals surface area contributed by atoms with Crippen LogP contribution in [-0.4, -0.2) is 0 Å². The third kappa shape index (κ3) is 5.19. The van der Waals surface area contributed by atoms with Gasteiger partial charge in [0.1, 0.15) is 0 Å². The maximum Gasteiger partial charge on any atom is 0.0468 e. The Morgan fingerprint density at radius 1 is 0.320 bits per heavy atom. The molecule has 0 aromatic heterocycles. The van der Waals surface area contributed by atoms with E-state index in [1.807, 2.05) is 0 Å². The third-order valence-corrected chi connectivity index (χ3v) is 10.5. The molecule has 0 N–H and O–H groups in total. The molecule has 0 heterocycles. The predicted octanol–water partition coefficient (Wildman–Crippen LogP) is 13.6. The molecule has 8 aromatic rings. The number of hydrogen-bond donors (Lipinski definition) is 0. The molecule has 0 unspecified atom stereocenters. The summed E-state index contributed by atoms with van der Waals surface area (Å²) < 4.78 is 0.